The van der Waals surface area contributed by atoms with E-state index >= 15 is 0 Å². The Hall–Kier alpha value is -1.65. The Kier molecular flexibility index (Phi) is 5.75. The Bertz CT molecular complexity index is 816. The number of alkyl halides is 6. The highest BCUT2D eigenvalue weighted by atomic mass is 32.2. The third-order valence-corrected chi connectivity index (χ3v) is 6.77. The van der Waals surface area contributed by atoms with Crippen molar-refractivity contribution >= 4 is 21.7 Å². The highest BCUT2D eigenvalue weighted by molar-refractivity contribution is 7.97. The van der Waals surface area contributed by atoms with Gasteiger partial charge in [0.1, 0.15) is 23.9 Å². The molecule has 1 aliphatic heterocycles. The van der Waals surface area contributed by atoms with Crippen LogP contribution in [0.3, 0.4) is 0 Å². The molecule has 3 nitrogen and oxygen atoms in total. The van der Waals surface area contributed by atoms with Crippen molar-refractivity contribution in [3.63, 3.8) is 0 Å². The first-order chi connectivity index (χ1) is 13.0. The summed E-state index contributed by atoms with van der Waals surface area (Å²) < 4.78 is 87.4. The van der Waals surface area contributed by atoms with Gasteiger partial charge in [-0.15, -0.1) is 0 Å². The van der Waals surface area contributed by atoms with Crippen LogP contribution in [0.2, 0.25) is 0 Å². The van der Waals surface area contributed by atoms with E-state index in [2.05, 4.69) is 0 Å². The minimum atomic E-state index is -5.93. The summed E-state index contributed by atoms with van der Waals surface area (Å²) in [6, 6.07) is 9.69. The van der Waals surface area contributed by atoms with Crippen LogP contribution in [0.15, 0.2) is 41.3 Å². The number of hydrogen-bond donors (Lipinski definition) is 1. The summed E-state index contributed by atoms with van der Waals surface area (Å²) in [6.07, 6.45) is -11.9. The highest BCUT2D eigenvalue weighted by Gasteiger charge is 2.71. The molecule has 154 valence electrons. The molecule has 1 aliphatic rings. The molecule has 0 bridgehead atoms. The van der Waals surface area contributed by atoms with E-state index in [1.54, 1.807) is 30.3 Å². The average molecular weight is 427 g/mol. The van der Waals surface area contributed by atoms with Gasteiger partial charge in [-0.1, -0.05) is 18.2 Å². The zero-order valence-corrected chi connectivity index (χ0v) is 15.3. The van der Waals surface area contributed by atoms with Crippen LogP contribution in [0, 0.1) is 0 Å². The second-order valence-corrected chi connectivity index (χ2v) is 8.51. The van der Waals surface area contributed by atoms with E-state index < -0.39 is 24.6 Å². The van der Waals surface area contributed by atoms with Crippen molar-refractivity contribution in [3.05, 3.63) is 36.4 Å². The second kappa shape index (κ2) is 7.64. The van der Waals surface area contributed by atoms with Crippen LogP contribution in [0.5, 0.6) is 5.75 Å². The van der Waals surface area contributed by atoms with Gasteiger partial charge in [0.25, 0.3) is 5.60 Å². The summed E-state index contributed by atoms with van der Waals surface area (Å²) in [5.41, 5.74) is -4.96. The highest BCUT2D eigenvalue weighted by Crippen LogP contribution is 2.44. The van der Waals surface area contributed by atoms with E-state index in [9.17, 15) is 31.4 Å². The van der Waals surface area contributed by atoms with Crippen molar-refractivity contribution in [2.45, 2.75) is 22.8 Å². The molecule has 3 rings (SSSR count). The van der Waals surface area contributed by atoms with Gasteiger partial charge in [-0.3, -0.25) is 0 Å². The fourth-order valence-corrected chi connectivity index (χ4v) is 4.90. The molecule has 0 aliphatic carbocycles. The van der Waals surface area contributed by atoms with E-state index in [-0.39, 0.29) is 16.6 Å². The normalized spacial score (nSPS) is 17.1. The summed E-state index contributed by atoms with van der Waals surface area (Å²) >= 11 is 0. The fourth-order valence-electron chi connectivity index (χ4n) is 2.87. The van der Waals surface area contributed by atoms with Crippen LogP contribution in [-0.2, 0) is 15.6 Å². The zero-order valence-electron chi connectivity index (χ0n) is 14.4. The van der Waals surface area contributed by atoms with Crippen LogP contribution in [0.4, 0.5) is 26.3 Å². The molecule has 0 amide bonds. The third-order valence-electron chi connectivity index (χ3n) is 4.48. The molecule has 10 heteroatoms. The lowest BCUT2D eigenvalue weighted by atomic mass is 10.0. The van der Waals surface area contributed by atoms with E-state index in [0.29, 0.717) is 24.0 Å². The Morgan fingerprint density at radius 1 is 0.893 bits per heavy atom. The Balaban J connectivity index is 1.94. The number of ether oxygens (including phenoxy) is 2. The van der Waals surface area contributed by atoms with Gasteiger partial charge < -0.3 is 14.6 Å². The molecule has 1 fully saturated rings. The van der Waals surface area contributed by atoms with Crippen molar-refractivity contribution in [2.24, 2.45) is 0 Å². The minimum Gasteiger partial charge on any atom is -0.489 e. The number of hydrogen-bond acceptors (Lipinski definition) is 3. The SMILES string of the molecule is OC(COc1ccc([S+]2CCOCC2)c2ccccc12)(C(F)(F)F)C(F)(F)F. The Morgan fingerprint density at radius 3 is 2.04 bits per heavy atom. The standard InChI is InChI=1S/C18H17F6O3S/c19-17(20,21)16(25,18(22,23)24)11-27-14-5-6-15(28-9-7-26-8-10-28)13-4-2-1-3-12(13)14/h1-6,25H,7-11H2/q+1. The molecule has 1 N–H and O–H groups in total. The lowest BCUT2D eigenvalue weighted by molar-refractivity contribution is -0.373. The number of fused-ring (bicyclic) bond motifs is 1. The van der Waals surface area contributed by atoms with Crippen molar-refractivity contribution < 1.29 is 40.9 Å². The zero-order chi connectivity index (χ0) is 20.6. The summed E-state index contributed by atoms with van der Waals surface area (Å²) in [4.78, 5) is 0.966. The smallest absolute Gasteiger partial charge is 0.429 e. The van der Waals surface area contributed by atoms with Crippen LogP contribution in [0.25, 0.3) is 10.8 Å². The predicted octanol–water partition coefficient (Wildman–Crippen LogP) is 4.08. The molecule has 2 aromatic rings. The Morgan fingerprint density at radius 2 is 1.46 bits per heavy atom. The lowest BCUT2D eigenvalue weighted by Crippen LogP contribution is -2.60. The molecular weight excluding hydrogens is 410 g/mol. The maximum Gasteiger partial charge on any atom is 0.429 e. The molecule has 1 heterocycles. The molecule has 0 saturated carbocycles. The Labute approximate surface area is 159 Å². The first-order valence-corrected chi connectivity index (χ1v) is 9.86. The maximum atomic E-state index is 12.9. The van der Waals surface area contributed by atoms with Gasteiger partial charge in [0.2, 0.25) is 0 Å². The van der Waals surface area contributed by atoms with Crippen molar-refractivity contribution in [1.82, 2.24) is 0 Å². The van der Waals surface area contributed by atoms with Crippen LogP contribution < -0.4 is 4.74 Å². The van der Waals surface area contributed by atoms with Gasteiger partial charge in [-0.2, -0.15) is 26.3 Å². The fraction of sp³-hybridized carbons (Fsp3) is 0.444. The predicted molar refractivity (Wildman–Crippen MR) is 92.7 cm³/mol. The van der Waals surface area contributed by atoms with Crippen LogP contribution >= 0.6 is 0 Å². The lowest BCUT2D eigenvalue weighted by Gasteiger charge is -2.32. The first kappa shape index (κ1) is 21.1. The minimum absolute atomic E-state index is 0.130. The van der Waals surface area contributed by atoms with Gasteiger partial charge in [-0.25, -0.2) is 0 Å². The molecule has 0 atom stereocenters. The molecule has 1 saturated heterocycles. The monoisotopic (exact) mass is 427 g/mol. The van der Waals surface area contributed by atoms with Crippen LogP contribution in [-0.4, -0.2) is 54.4 Å². The second-order valence-electron chi connectivity index (χ2n) is 6.27. The summed E-state index contributed by atoms with van der Waals surface area (Å²) in [5.74, 6) is 1.45. The summed E-state index contributed by atoms with van der Waals surface area (Å²) in [7, 11) is -0.130. The molecule has 0 spiro atoms. The quantitative estimate of drug-likeness (QED) is 0.591. The molecule has 0 unspecified atom stereocenters. The summed E-state index contributed by atoms with van der Waals surface area (Å²) in [5, 5.41) is 10.4. The number of rotatable bonds is 4. The van der Waals surface area contributed by atoms with Crippen molar-refractivity contribution in [3.8, 4) is 5.75 Å². The van der Waals surface area contributed by atoms with E-state index in [1.807, 2.05) is 0 Å². The number of benzene rings is 2. The van der Waals surface area contributed by atoms with Crippen molar-refractivity contribution in [1.29, 1.82) is 0 Å². The van der Waals surface area contributed by atoms with Gasteiger partial charge in [0.05, 0.1) is 13.2 Å². The third kappa shape index (κ3) is 3.90. The number of halogens is 6. The van der Waals surface area contributed by atoms with Crippen molar-refractivity contribution in [2.75, 3.05) is 31.3 Å². The van der Waals surface area contributed by atoms with Gasteiger partial charge in [0.15, 0.2) is 4.90 Å². The van der Waals surface area contributed by atoms with E-state index in [4.69, 9.17) is 9.47 Å². The van der Waals surface area contributed by atoms with E-state index in [1.165, 1.54) is 6.07 Å². The molecule has 2 aromatic carbocycles. The largest absolute Gasteiger partial charge is 0.489 e. The summed E-state index contributed by atoms with van der Waals surface area (Å²) in [6.45, 7) is -0.789. The molecule has 0 radical (unpaired) electrons. The molecule has 0 aromatic heterocycles. The molecular formula is C18H17F6O3S+. The van der Waals surface area contributed by atoms with Crippen LogP contribution in [0.1, 0.15) is 0 Å². The first-order valence-electron chi connectivity index (χ1n) is 8.30. The van der Waals surface area contributed by atoms with Gasteiger partial charge in [0, 0.05) is 21.7 Å². The van der Waals surface area contributed by atoms with Gasteiger partial charge in [-0.05, 0) is 18.2 Å². The maximum absolute atomic E-state index is 12.9. The van der Waals surface area contributed by atoms with E-state index in [0.717, 1.165) is 16.4 Å². The average Bonchev–Trinajstić information content (AvgIpc) is 2.64. The topological polar surface area (TPSA) is 38.7 Å². The van der Waals surface area contributed by atoms with Gasteiger partial charge >= 0.3 is 12.4 Å². The molecule has 28 heavy (non-hydrogen) atoms. The number of aliphatic hydroxyl groups is 1.